The average molecular weight is 228 g/mol. The molecule has 1 rings (SSSR count). The Morgan fingerprint density at radius 2 is 2.25 bits per heavy atom. The Morgan fingerprint density at radius 3 is 2.75 bits per heavy atom. The largest absolute Gasteiger partial charge is 0.624 e. The van der Waals surface area contributed by atoms with Gasteiger partial charge in [-0.15, -0.1) is 0 Å². The Labute approximate surface area is 80.2 Å². The minimum absolute atomic E-state index is 0.346. The molecule has 2 nitrogen and oxygen atoms in total. The van der Waals surface area contributed by atoms with Crippen LogP contribution in [0.15, 0.2) is 22.7 Å². The van der Waals surface area contributed by atoms with Gasteiger partial charge in [-0.25, -0.2) is 4.74 Å². The summed E-state index contributed by atoms with van der Waals surface area (Å²) in [7, 11) is 0. The Hall–Kier alpha value is -0.830. The SMILES string of the molecule is C=[N+]([O-])Cc1ccc(Br)cc1C. The Balaban J connectivity index is 2.93. The lowest BCUT2D eigenvalue weighted by molar-refractivity contribution is -0.465. The summed E-state index contributed by atoms with van der Waals surface area (Å²) in [5.74, 6) is 0. The first-order valence-electron chi connectivity index (χ1n) is 3.60. The van der Waals surface area contributed by atoms with Crippen LogP contribution in [0.25, 0.3) is 0 Å². The van der Waals surface area contributed by atoms with Crippen molar-refractivity contribution >= 4 is 22.6 Å². The van der Waals surface area contributed by atoms with Crippen LogP contribution in [0.2, 0.25) is 0 Å². The van der Waals surface area contributed by atoms with E-state index in [9.17, 15) is 5.21 Å². The molecule has 0 heterocycles. The van der Waals surface area contributed by atoms with E-state index in [0.717, 1.165) is 15.6 Å². The molecule has 1 aromatic rings. The van der Waals surface area contributed by atoms with Crippen LogP contribution in [0, 0.1) is 12.1 Å². The van der Waals surface area contributed by atoms with Crippen LogP contribution in [0.3, 0.4) is 0 Å². The summed E-state index contributed by atoms with van der Waals surface area (Å²) >= 11 is 3.36. The van der Waals surface area contributed by atoms with Crippen LogP contribution in [-0.4, -0.2) is 11.5 Å². The molecule has 0 aliphatic heterocycles. The van der Waals surface area contributed by atoms with Crippen LogP contribution < -0.4 is 0 Å². The zero-order chi connectivity index (χ0) is 9.14. The molecule has 0 aliphatic carbocycles. The van der Waals surface area contributed by atoms with E-state index in [1.54, 1.807) is 0 Å². The average Bonchev–Trinajstić information content (AvgIpc) is 1.94. The Bertz CT molecular complexity index is 309. The van der Waals surface area contributed by atoms with Gasteiger partial charge in [0, 0.05) is 10.0 Å². The molecule has 0 unspecified atom stereocenters. The number of hydrogen-bond acceptors (Lipinski definition) is 1. The van der Waals surface area contributed by atoms with Gasteiger partial charge in [0.1, 0.15) is 6.72 Å². The highest BCUT2D eigenvalue weighted by Crippen LogP contribution is 2.15. The van der Waals surface area contributed by atoms with Crippen molar-refractivity contribution in [3.05, 3.63) is 39.0 Å². The first-order chi connectivity index (χ1) is 5.59. The molecule has 3 heteroatoms. The first kappa shape index (κ1) is 9.26. The van der Waals surface area contributed by atoms with Crippen molar-refractivity contribution in [2.24, 2.45) is 0 Å². The van der Waals surface area contributed by atoms with E-state index in [4.69, 9.17) is 0 Å². The van der Waals surface area contributed by atoms with Gasteiger partial charge in [0.15, 0.2) is 6.54 Å². The van der Waals surface area contributed by atoms with Gasteiger partial charge in [-0.1, -0.05) is 22.0 Å². The van der Waals surface area contributed by atoms with E-state index >= 15 is 0 Å². The van der Waals surface area contributed by atoms with Gasteiger partial charge < -0.3 is 5.21 Å². The van der Waals surface area contributed by atoms with Crippen LogP contribution in [0.5, 0.6) is 0 Å². The summed E-state index contributed by atoms with van der Waals surface area (Å²) in [6, 6.07) is 5.83. The number of rotatable bonds is 2. The predicted molar refractivity (Wildman–Crippen MR) is 53.3 cm³/mol. The molecule has 12 heavy (non-hydrogen) atoms. The number of benzene rings is 1. The highest BCUT2D eigenvalue weighted by molar-refractivity contribution is 9.10. The normalized spacial score (nSPS) is 9.83. The molecule has 0 radical (unpaired) electrons. The van der Waals surface area contributed by atoms with Crippen LogP contribution in [0.4, 0.5) is 0 Å². The van der Waals surface area contributed by atoms with Gasteiger partial charge in [0.05, 0.1) is 0 Å². The summed E-state index contributed by atoms with van der Waals surface area (Å²) in [6.07, 6.45) is 0. The van der Waals surface area contributed by atoms with Crippen molar-refractivity contribution < 1.29 is 4.74 Å². The molecule has 0 N–H and O–H groups in total. The van der Waals surface area contributed by atoms with Crippen molar-refractivity contribution in [3.63, 3.8) is 0 Å². The molecule has 0 saturated carbocycles. The molecule has 0 spiro atoms. The smallest absolute Gasteiger partial charge is 0.178 e. The highest BCUT2D eigenvalue weighted by Gasteiger charge is 2.01. The molecule has 0 saturated heterocycles. The second-order valence-corrected chi connectivity index (χ2v) is 3.63. The second kappa shape index (κ2) is 3.72. The van der Waals surface area contributed by atoms with Gasteiger partial charge in [0.2, 0.25) is 0 Å². The molecule has 0 fully saturated rings. The lowest BCUT2D eigenvalue weighted by Crippen LogP contribution is -2.01. The van der Waals surface area contributed by atoms with E-state index in [-0.39, 0.29) is 0 Å². The molecular formula is C9H10BrNO. The Morgan fingerprint density at radius 1 is 1.58 bits per heavy atom. The maximum absolute atomic E-state index is 10.6. The minimum Gasteiger partial charge on any atom is -0.624 e. The van der Waals surface area contributed by atoms with Gasteiger partial charge >= 0.3 is 0 Å². The van der Waals surface area contributed by atoms with Crippen molar-refractivity contribution in [2.45, 2.75) is 13.5 Å². The predicted octanol–water partition coefficient (Wildman–Crippen LogP) is 2.47. The molecule has 0 aliphatic rings. The molecule has 0 bridgehead atoms. The van der Waals surface area contributed by atoms with Crippen molar-refractivity contribution in [3.8, 4) is 0 Å². The van der Waals surface area contributed by atoms with Crippen molar-refractivity contribution in [1.29, 1.82) is 0 Å². The van der Waals surface area contributed by atoms with Gasteiger partial charge in [0.25, 0.3) is 0 Å². The zero-order valence-electron chi connectivity index (χ0n) is 6.88. The van der Waals surface area contributed by atoms with E-state index in [2.05, 4.69) is 22.6 Å². The molecule has 64 valence electrons. The third kappa shape index (κ3) is 2.34. The summed E-state index contributed by atoms with van der Waals surface area (Å²) in [5, 5.41) is 10.6. The minimum atomic E-state index is 0.346. The lowest BCUT2D eigenvalue weighted by Gasteiger charge is -2.05. The third-order valence-electron chi connectivity index (χ3n) is 1.65. The van der Waals surface area contributed by atoms with Crippen molar-refractivity contribution in [2.75, 3.05) is 0 Å². The highest BCUT2D eigenvalue weighted by atomic mass is 79.9. The molecule has 0 amide bonds. The number of halogens is 1. The van der Waals surface area contributed by atoms with Gasteiger partial charge in [-0.05, 0) is 24.6 Å². The molecule has 1 aromatic carbocycles. The Kier molecular flexibility index (Phi) is 2.87. The fourth-order valence-corrected chi connectivity index (χ4v) is 1.50. The summed E-state index contributed by atoms with van der Waals surface area (Å²) in [5.41, 5.74) is 2.12. The fraction of sp³-hybridized carbons (Fsp3) is 0.222. The third-order valence-corrected chi connectivity index (χ3v) is 2.14. The number of nitrogens with zero attached hydrogens (tertiary/aromatic N) is 1. The molecular weight excluding hydrogens is 218 g/mol. The monoisotopic (exact) mass is 227 g/mol. The van der Waals surface area contributed by atoms with E-state index in [0.29, 0.717) is 11.3 Å². The fourth-order valence-electron chi connectivity index (χ4n) is 1.03. The summed E-state index contributed by atoms with van der Waals surface area (Å²) < 4.78 is 1.71. The van der Waals surface area contributed by atoms with Crippen molar-refractivity contribution in [1.82, 2.24) is 0 Å². The topological polar surface area (TPSA) is 26.1 Å². The maximum Gasteiger partial charge on any atom is 0.178 e. The molecule has 0 aromatic heterocycles. The second-order valence-electron chi connectivity index (χ2n) is 2.71. The standard InChI is InChI=1S/C9H10BrNO/c1-7-5-9(10)4-3-8(7)6-11(2)12/h3-5H,2,6H2,1H3. The van der Waals surface area contributed by atoms with Gasteiger partial charge in [-0.3, -0.25) is 0 Å². The summed E-state index contributed by atoms with van der Waals surface area (Å²) in [6.45, 7) is 5.59. The van der Waals surface area contributed by atoms with Crippen LogP contribution in [0.1, 0.15) is 11.1 Å². The zero-order valence-corrected chi connectivity index (χ0v) is 8.47. The van der Waals surface area contributed by atoms with Crippen LogP contribution >= 0.6 is 15.9 Å². The lowest BCUT2D eigenvalue weighted by atomic mass is 10.1. The maximum atomic E-state index is 10.6. The summed E-state index contributed by atoms with van der Waals surface area (Å²) in [4.78, 5) is 0. The molecule has 0 atom stereocenters. The van der Waals surface area contributed by atoms with E-state index < -0.39 is 0 Å². The van der Waals surface area contributed by atoms with E-state index in [1.165, 1.54) is 0 Å². The quantitative estimate of drug-likeness (QED) is 0.330. The number of aryl methyl sites for hydroxylation is 1. The first-order valence-corrected chi connectivity index (χ1v) is 4.39. The number of hydrogen-bond donors (Lipinski definition) is 0. The number of hydroxylamine groups is 1. The van der Waals surface area contributed by atoms with Gasteiger partial charge in [-0.2, -0.15) is 0 Å². The van der Waals surface area contributed by atoms with E-state index in [1.807, 2.05) is 25.1 Å². The van der Waals surface area contributed by atoms with Crippen LogP contribution in [-0.2, 0) is 6.54 Å².